The summed E-state index contributed by atoms with van der Waals surface area (Å²) in [6.07, 6.45) is 7.19. The average Bonchev–Trinajstić information content (AvgIpc) is 3.34. The molecular weight excluding hydrogens is 326 g/mol. The molecule has 2 amide bonds. The molecule has 2 aliphatic heterocycles. The van der Waals surface area contributed by atoms with Crippen molar-refractivity contribution in [1.82, 2.24) is 19.8 Å². The predicted octanol–water partition coefficient (Wildman–Crippen LogP) is 2.93. The minimum Gasteiger partial charge on any atom is -0.323 e. The van der Waals surface area contributed by atoms with E-state index in [0.717, 1.165) is 49.5 Å². The zero-order valence-electron chi connectivity index (χ0n) is 14.9. The Morgan fingerprint density at radius 2 is 1.92 bits per heavy atom. The first-order valence-electron chi connectivity index (χ1n) is 9.04. The molecule has 1 atom stereocenters. The van der Waals surface area contributed by atoms with E-state index in [4.69, 9.17) is 0 Å². The Morgan fingerprint density at radius 3 is 2.65 bits per heavy atom. The highest BCUT2D eigenvalue weighted by molar-refractivity contribution is 5.89. The van der Waals surface area contributed by atoms with E-state index in [1.54, 1.807) is 6.20 Å². The van der Waals surface area contributed by atoms with E-state index < -0.39 is 0 Å². The van der Waals surface area contributed by atoms with Crippen LogP contribution in [0.25, 0.3) is 11.4 Å². The number of amides is 2. The number of nitrogens with zero attached hydrogens (tertiary/aromatic N) is 4. The Morgan fingerprint density at radius 1 is 1.15 bits per heavy atom. The summed E-state index contributed by atoms with van der Waals surface area (Å²) in [6, 6.07) is 9.99. The molecule has 1 aromatic heterocycles. The van der Waals surface area contributed by atoms with E-state index in [-0.39, 0.29) is 6.03 Å². The fraction of sp³-hybridized carbons (Fsp3) is 0.350. The molecule has 2 aliphatic rings. The Labute approximate surface area is 153 Å². The Hall–Kier alpha value is -2.73. The van der Waals surface area contributed by atoms with Gasteiger partial charge in [0.25, 0.3) is 0 Å². The molecule has 0 spiro atoms. The second-order valence-corrected chi connectivity index (χ2v) is 6.84. The lowest BCUT2D eigenvalue weighted by Gasteiger charge is -2.23. The molecule has 6 nitrogen and oxygen atoms in total. The summed E-state index contributed by atoms with van der Waals surface area (Å²) in [5.41, 5.74) is 2.66. The maximum atomic E-state index is 12.5. The van der Waals surface area contributed by atoms with Crippen molar-refractivity contribution in [2.75, 3.05) is 31.5 Å². The normalized spacial score (nSPS) is 19.9. The monoisotopic (exact) mass is 349 g/mol. The zero-order chi connectivity index (χ0) is 17.9. The molecule has 0 unspecified atom stereocenters. The van der Waals surface area contributed by atoms with Gasteiger partial charge in [-0.05, 0) is 43.7 Å². The number of carbonyl (C=O) groups excluding carboxylic acids is 1. The van der Waals surface area contributed by atoms with E-state index in [9.17, 15) is 4.79 Å². The van der Waals surface area contributed by atoms with Crippen molar-refractivity contribution in [3.05, 3.63) is 54.4 Å². The number of aromatic nitrogens is 2. The number of nitrogens with one attached hydrogen (secondary N) is 1. The quantitative estimate of drug-likeness (QED) is 0.866. The molecule has 0 saturated carbocycles. The van der Waals surface area contributed by atoms with Gasteiger partial charge in [0.2, 0.25) is 0 Å². The van der Waals surface area contributed by atoms with Crippen molar-refractivity contribution in [1.29, 1.82) is 0 Å². The SMILES string of the molecule is Cc1ccnc(-c2ccc(NC(=O)N3CC[C@@H](N4CC=CC4)C3)cc2)n1. The van der Waals surface area contributed by atoms with Gasteiger partial charge in [0, 0.05) is 55.4 Å². The smallest absolute Gasteiger partial charge is 0.321 e. The van der Waals surface area contributed by atoms with Crippen LogP contribution in [0.3, 0.4) is 0 Å². The van der Waals surface area contributed by atoms with Crippen molar-refractivity contribution in [3.63, 3.8) is 0 Å². The van der Waals surface area contributed by atoms with Gasteiger partial charge in [-0.25, -0.2) is 14.8 Å². The summed E-state index contributed by atoms with van der Waals surface area (Å²) >= 11 is 0. The van der Waals surface area contributed by atoms with Crippen LogP contribution >= 0.6 is 0 Å². The first kappa shape index (κ1) is 16.7. The van der Waals surface area contributed by atoms with Gasteiger partial charge in [-0.1, -0.05) is 12.2 Å². The van der Waals surface area contributed by atoms with Crippen LogP contribution in [0.4, 0.5) is 10.5 Å². The molecule has 6 heteroatoms. The second kappa shape index (κ2) is 7.25. The van der Waals surface area contributed by atoms with Crippen LogP contribution in [0, 0.1) is 6.92 Å². The van der Waals surface area contributed by atoms with Crippen LogP contribution in [-0.2, 0) is 0 Å². The van der Waals surface area contributed by atoms with Crippen LogP contribution < -0.4 is 5.32 Å². The zero-order valence-corrected chi connectivity index (χ0v) is 14.9. The third kappa shape index (κ3) is 3.60. The highest BCUT2D eigenvalue weighted by Crippen LogP contribution is 2.21. The number of benzene rings is 1. The van der Waals surface area contributed by atoms with Crippen molar-refractivity contribution < 1.29 is 4.79 Å². The van der Waals surface area contributed by atoms with Gasteiger partial charge in [-0.2, -0.15) is 0 Å². The number of urea groups is 1. The van der Waals surface area contributed by atoms with E-state index >= 15 is 0 Å². The van der Waals surface area contributed by atoms with Gasteiger partial charge in [0.1, 0.15) is 0 Å². The molecule has 1 aromatic carbocycles. The highest BCUT2D eigenvalue weighted by Gasteiger charge is 2.30. The summed E-state index contributed by atoms with van der Waals surface area (Å²) in [5, 5.41) is 3.00. The third-order valence-electron chi connectivity index (χ3n) is 5.00. The van der Waals surface area contributed by atoms with Gasteiger partial charge in [-0.3, -0.25) is 4.90 Å². The van der Waals surface area contributed by atoms with E-state index in [1.807, 2.05) is 42.2 Å². The molecule has 0 bridgehead atoms. The second-order valence-electron chi connectivity index (χ2n) is 6.84. The van der Waals surface area contributed by atoms with Crippen LogP contribution in [0.15, 0.2) is 48.7 Å². The number of rotatable bonds is 3. The van der Waals surface area contributed by atoms with Gasteiger partial charge in [0.15, 0.2) is 5.82 Å². The number of hydrogen-bond donors (Lipinski definition) is 1. The summed E-state index contributed by atoms with van der Waals surface area (Å²) in [4.78, 5) is 25.6. The molecule has 3 heterocycles. The molecule has 0 radical (unpaired) electrons. The van der Waals surface area contributed by atoms with Crippen LogP contribution in [0.1, 0.15) is 12.1 Å². The Kier molecular flexibility index (Phi) is 4.67. The predicted molar refractivity (Wildman–Crippen MR) is 102 cm³/mol. The summed E-state index contributed by atoms with van der Waals surface area (Å²) in [6.45, 7) is 5.55. The van der Waals surface area contributed by atoms with Crippen molar-refractivity contribution in [2.24, 2.45) is 0 Å². The number of likely N-dealkylation sites (tertiary alicyclic amines) is 1. The summed E-state index contributed by atoms with van der Waals surface area (Å²) in [7, 11) is 0. The number of carbonyl (C=O) groups is 1. The van der Waals surface area contributed by atoms with Gasteiger partial charge in [0.05, 0.1) is 0 Å². The van der Waals surface area contributed by atoms with Crippen molar-refractivity contribution in [3.8, 4) is 11.4 Å². The van der Waals surface area contributed by atoms with Gasteiger partial charge < -0.3 is 10.2 Å². The molecule has 0 aliphatic carbocycles. The fourth-order valence-corrected chi connectivity index (χ4v) is 3.51. The Bertz CT molecular complexity index is 809. The lowest BCUT2D eigenvalue weighted by molar-refractivity contribution is 0.212. The molecule has 1 fully saturated rings. The van der Waals surface area contributed by atoms with Gasteiger partial charge in [-0.15, -0.1) is 0 Å². The molecule has 2 aromatic rings. The minimum atomic E-state index is -0.0285. The number of anilines is 1. The summed E-state index contributed by atoms with van der Waals surface area (Å²) in [5.74, 6) is 0.699. The van der Waals surface area contributed by atoms with Crippen LogP contribution in [0.5, 0.6) is 0 Å². The van der Waals surface area contributed by atoms with E-state index in [2.05, 4.69) is 32.3 Å². The maximum absolute atomic E-state index is 12.5. The minimum absolute atomic E-state index is 0.0285. The molecule has 1 N–H and O–H groups in total. The summed E-state index contributed by atoms with van der Waals surface area (Å²) < 4.78 is 0. The first-order chi connectivity index (χ1) is 12.7. The number of hydrogen-bond acceptors (Lipinski definition) is 4. The lowest BCUT2D eigenvalue weighted by Crippen LogP contribution is -2.38. The standard InChI is InChI=1S/C20H23N5O/c1-15-8-10-21-19(22-15)16-4-6-17(7-5-16)23-20(26)25-13-9-18(14-25)24-11-2-3-12-24/h2-8,10,18H,9,11-14H2,1H3,(H,23,26)/t18-/m1/s1. The molecule has 26 heavy (non-hydrogen) atoms. The number of aryl methyl sites for hydroxylation is 1. The van der Waals surface area contributed by atoms with E-state index in [1.165, 1.54) is 0 Å². The highest BCUT2D eigenvalue weighted by atomic mass is 16.2. The average molecular weight is 349 g/mol. The molecule has 134 valence electrons. The fourth-order valence-electron chi connectivity index (χ4n) is 3.51. The Balaban J connectivity index is 1.36. The van der Waals surface area contributed by atoms with Gasteiger partial charge >= 0.3 is 6.03 Å². The van der Waals surface area contributed by atoms with Crippen molar-refractivity contribution in [2.45, 2.75) is 19.4 Å². The molecule has 1 saturated heterocycles. The van der Waals surface area contributed by atoms with Crippen molar-refractivity contribution >= 4 is 11.7 Å². The third-order valence-corrected chi connectivity index (χ3v) is 5.00. The maximum Gasteiger partial charge on any atom is 0.321 e. The largest absolute Gasteiger partial charge is 0.323 e. The lowest BCUT2D eigenvalue weighted by atomic mass is 10.2. The molecular formula is C20H23N5O. The van der Waals surface area contributed by atoms with Crippen LogP contribution in [0.2, 0.25) is 0 Å². The topological polar surface area (TPSA) is 61.4 Å². The first-order valence-corrected chi connectivity index (χ1v) is 9.04. The van der Waals surface area contributed by atoms with E-state index in [0.29, 0.717) is 11.9 Å². The molecule has 4 rings (SSSR count). The van der Waals surface area contributed by atoms with Crippen LogP contribution in [-0.4, -0.2) is 58.0 Å².